The zero-order valence-electron chi connectivity index (χ0n) is 17.6. The molecule has 0 radical (unpaired) electrons. The topological polar surface area (TPSA) is 52.9 Å². The fourth-order valence-electron chi connectivity index (χ4n) is 3.71. The molecule has 0 spiro atoms. The van der Waals surface area contributed by atoms with E-state index >= 15 is 0 Å². The number of benzene rings is 4. The first-order chi connectivity index (χ1) is 15.6. The van der Waals surface area contributed by atoms with Crippen LogP contribution < -0.4 is 5.32 Å². The van der Waals surface area contributed by atoms with E-state index in [9.17, 15) is 10.1 Å². The SMILES string of the molecule is Cc1ccccc1NC(=O)/C(C#N)=C/c1c(Cc2ccccc2Br)ccc2ccccc12. The molecule has 4 rings (SSSR count). The van der Waals surface area contributed by atoms with Crippen molar-refractivity contribution in [3.8, 4) is 6.07 Å². The summed E-state index contributed by atoms with van der Waals surface area (Å²) in [5, 5.41) is 14.8. The maximum atomic E-state index is 13.0. The first kappa shape index (κ1) is 21.5. The Bertz CT molecular complexity index is 1380. The fourth-order valence-corrected chi connectivity index (χ4v) is 4.13. The molecule has 1 N–H and O–H groups in total. The van der Waals surface area contributed by atoms with Crippen LogP contribution in [0.15, 0.2) is 95.0 Å². The van der Waals surface area contributed by atoms with Crippen LogP contribution in [0.3, 0.4) is 0 Å². The summed E-state index contributed by atoms with van der Waals surface area (Å²) < 4.78 is 1.03. The monoisotopic (exact) mass is 480 g/mol. The van der Waals surface area contributed by atoms with Gasteiger partial charge in [-0.15, -0.1) is 0 Å². The van der Waals surface area contributed by atoms with Crippen molar-refractivity contribution < 1.29 is 4.79 Å². The summed E-state index contributed by atoms with van der Waals surface area (Å²) >= 11 is 3.63. The lowest BCUT2D eigenvalue weighted by atomic mass is 9.93. The summed E-state index contributed by atoms with van der Waals surface area (Å²) in [6, 6.07) is 29.9. The third-order valence-electron chi connectivity index (χ3n) is 5.45. The minimum absolute atomic E-state index is 0.0676. The van der Waals surface area contributed by atoms with Crippen molar-refractivity contribution in [2.24, 2.45) is 0 Å². The first-order valence-corrected chi connectivity index (χ1v) is 11.1. The van der Waals surface area contributed by atoms with E-state index in [1.165, 1.54) is 0 Å². The number of fused-ring (bicyclic) bond motifs is 1. The molecule has 0 saturated carbocycles. The Morgan fingerprint density at radius 2 is 1.66 bits per heavy atom. The number of nitriles is 1. The number of para-hydroxylation sites is 1. The quantitative estimate of drug-likeness (QED) is 0.245. The van der Waals surface area contributed by atoms with Crippen molar-refractivity contribution in [2.45, 2.75) is 13.3 Å². The van der Waals surface area contributed by atoms with Crippen molar-refractivity contribution in [3.63, 3.8) is 0 Å². The summed E-state index contributed by atoms with van der Waals surface area (Å²) in [6.07, 6.45) is 2.39. The standard InChI is InChI=1S/C28H21BrN2O/c1-19-8-2-7-13-27(19)31-28(32)23(18-30)17-25-21(16-22-10-4-6-12-26(22)29)15-14-20-9-3-5-11-24(20)25/h2-15,17H,16H2,1H3,(H,31,32)/b23-17+. The van der Waals surface area contributed by atoms with Gasteiger partial charge in [0.1, 0.15) is 11.6 Å². The average molecular weight is 481 g/mol. The predicted molar refractivity (Wildman–Crippen MR) is 134 cm³/mol. The summed E-state index contributed by atoms with van der Waals surface area (Å²) in [6.45, 7) is 1.92. The van der Waals surface area contributed by atoms with Gasteiger partial charge >= 0.3 is 0 Å². The van der Waals surface area contributed by atoms with Crippen LogP contribution in [-0.2, 0) is 11.2 Å². The molecule has 0 bridgehead atoms. The van der Waals surface area contributed by atoms with Gasteiger partial charge in [-0.2, -0.15) is 5.26 Å². The largest absolute Gasteiger partial charge is 0.321 e. The van der Waals surface area contributed by atoms with E-state index in [1.54, 1.807) is 6.08 Å². The van der Waals surface area contributed by atoms with Crippen LogP contribution in [0.5, 0.6) is 0 Å². The second-order valence-electron chi connectivity index (χ2n) is 7.57. The number of hydrogen-bond donors (Lipinski definition) is 1. The van der Waals surface area contributed by atoms with Gasteiger partial charge in [0, 0.05) is 10.2 Å². The zero-order chi connectivity index (χ0) is 22.5. The third kappa shape index (κ3) is 4.64. The number of carbonyl (C=O) groups excluding carboxylic acids is 1. The van der Waals surface area contributed by atoms with Crippen LogP contribution in [-0.4, -0.2) is 5.91 Å². The molecule has 3 nitrogen and oxygen atoms in total. The molecule has 156 valence electrons. The molecule has 4 aromatic rings. The lowest BCUT2D eigenvalue weighted by Crippen LogP contribution is -2.14. The molecule has 0 aliphatic rings. The van der Waals surface area contributed by atoms with Gasteiger partial charge < -0.3 is 5.32 Å². The van der Waals surface area contributed by atoms with E-state index in [0.717, 1.165) is 37.5 Å². The van der Waals surface area contributed by atoms with Gasteiger partial charge in [-0.3, -0.25) is 4.79 Å². The average Bonchev–Trinajstić information content (AvgIpc) is 2.81. The van der Waals surface area contributed by atoms with E-state index in [0.29, 0.717) is 12.1 Å². The van der Waals surface area contributed by atoms with Crippen molar-refractivity contribution in [1.82, 2.24) is 0 Å². The van der Waals surface area contributed by atoms with Crippen LogP contribution in [0.4, 0.5) is 5.69 Å². The summed E-state index contributed by atoms with van der Waals surface area (Å²) in [4.78, 5) is 13.0. The molecule has 0 atom stereocenters. The molecule has 0 aromatic heterocycles. The second kappa shape index (κ2) is 9.64. The molecule has 0 unspecified atom stereocenters. The van der Waals surface area contributed by atoms with Crippen LogP contribution in [0.25, 0.3) is 16.8 Å². The number of aryl methyl sites for hydroxylation is 1. The smallest absolute Gasteiger partial charge is 0.266 e. The fraction of sp³-hybridized carbons (Fsp3) is 0.0714. The maximum absolute atomic E-state index is 13.0. The number of halogens is 1. The van der Waals surface area contributed by atoms with Gasteiger partial charge in [-0.25, -0.2) is 0 Å². The molecule has 0 aliphatic carbocycles. The van der Waals surface area contributed by atoms with Gasteiger partial charge in [-0.1, -0.05) is 88.7 Å². The maximum Gasteiger partial charge on any atom is 0.266 e. The van der Waals surface area contributed by atoms with Gasteiger partial charge in [0.05, 0.1) is 0 Å². The van der Waals surface area contributed by atoms with E-state index in [2.05, 4.69) is 45.5 Å². The Balaban J connectivity index is 1.79. The highest BCUT2D eigenvalue weighted by Crippen LogP contribution is 2.29. The summed E-state index contributed by atoms with van der Waals surface area (Å²) in [5.74, 6) is -0.415. The molecule has 1 amide bonds. The second-order valence-corrected chi connectivity index (χ2v) is 8.42. The molecule has 0 fully saturated rings. The Labute approximate surface area is 196 Å². The number of nitrogens with zero attached hydrogens (tertiary/aromatic N) is 1. The van der Waals surface area contributed by atoms with Gasteiger partial charge in [0.15, 0.2) is 0 Å². The van der Waals surface area contributed by atoms with Crippen molar-refractivity contribution in [1.29, 1.82) is 5.26 Å². The van der Waals surface area contributed by atoms with Gasteiger partial charge in [0.25, 0.3) is 5.91 Å². The Hall–Kier alpha value is -3.68. The summed E-state index contributed by atoms with van der Waals surface area (Å²) in [5.41, 5.74) is 4.78. The van der Waals surface area contributed by atoms with Crippen LogP contribution in [0, 0.1) is 18.3 Å². The molecule has 4 heteroatoms. The summed E-state index contributed by atoms with van der Waals surface area (Å²) in [7, 11) is 0. The minimum Gasteiger partial charge on any atom is -0.321 e. The number of hydrogen-bond acceptors (Lipinski definition) is 2. The minimum atomic E-state index is -0.415. The number of carbonyl (C=O) groups is 1. The van der Waals surface area contributed by atoms with E-state index in [-0.39, 0.29) is 5.57 Å². The number of nitrogens with one attached hydrogen (secondary N) is 1. The van der Waals surface area contributed by atoms with E-state index in [1.807, 2.05) is 73.7 Å². The van der Waals surface area contributed by atoms with E-state index < -0.39 is 5.91 Å². The Kier molecular flexibility index (Phi) is 6.49. The van der Waals surface area contributed by atoms with Crippen LogP contribution in [0.1, 0.15) is 22.3 Å². The zero-order valence-corrected chi connectivity index (χ0v) is 19.2. The lowest BCUT2D eigenvalue weighted by molar-refractivity contribution is -0.112. The molecular formula is C28H21BrN2O. The molecule has 0 aliphatic heterocycles. The number of anilines is 1. The third-order valence-corrected chi connectivity index (χ3v) is 6.22. The molecule has 0 heterocycles. The highest BCUT2D eigenvalue weighted by atomic mass is 79.9. The molecular weight excluding hydrogens is 460 g/mol. The number of rotatable bonds is 5. The first-order valence-electron chi connectivity index (χ1n) is 10.3. The molecule has 4 aromatic carbocycles. The molecule has 32 heavy (non-hydrogen) atoms. The van der Waals surface area contributed by atoms with Gasteiger partial charge in [0.2, 0.25) is 0 Å². The Morgan fingerprint density at radius 3 is 2.44 bits per heavy atom. The normalized spacial score (nSPS) is 11.2. The van der Waals surface area contributed by atoms with Crippen molar-refractivity contribution in [3.05, 3.63) is 117 Å². The van der Waals surface area contributed by atoms with Gasteiger partial charge in [-0.05, 0) is 64.6 Å². The number of amides is 1. The molecule has 0 saturated heterocycles. The highest BCUT2D eigenvalue weighted by Gasteiger charge is 2.14. The van der Waals surface area contributed by atoms with Crippen LogP contribution >= 0.6 is 15.9 Å². The van der Waals surface area contributed by atoms with Crippen molar-refractivity contribution in [2.75, 3.05) is 5.32 Å². The predicted octanol–water partition coefficient (Wildman–Crippen LogP) is 7.05. The van der Waals surface area contributed by atoms with E-state index in [4.69, 9.17) is 0 Å². The van der Waals surface area contributed by atoms with Crippen molar-refractivity contribution >= 4 is 44.4 Å². The lowest BCUT2D eigenvalue weighted by Gasteiger charge is -2.13. The highest BCUT2D eigenvalue weighted by molar-refractivity contribution is 9.10. The Morgan fingerprint density at radius 1 is 0.938 bits per heavy atom. The van der Waals surface area contributed by atoms with Crippen LogP contribution in [0.2, 0.25) is 0 Å².